The van der Waals surface area contributed by atoms with E-state index in [0.29, 0.717) is 6.10 Å². The van der Waals surface area contributed by atoms with Crippen LogP contribution in [0.2, 0.25) is 18.1 Å². The summed E-state index contributed by atoms with van der Waals surface area (Å²) in [5.41, 5.74) is 0.228. The Bertz CT molecular complexity index is 266. The quantitative estimate of drug-likeness (QED) is 0.228. The average molecular weight is 313 g/mol. The van der Waals surface area contributed by atoms with Crippen molar-refractivity contribution in [2.45, 2.75) is 105 Å². The van der Waals surface area contributed by atoms with Crippen LogP contribution in [0.15, 0.2) is 12.2 Å². The largest absolute Gasteiger partial charge is 0.413 e. The first-order valence-corrected chi connectivity index (χ1v) is 11.7. The number of hydrogen-bond donors (Lipinski definition) is 0. The maximum atomic E-state index is 6.77. The molecular formula is C19H40OSi. The maximum absolute atomic E-state index is 6.77. The molecule has 0 amide bonds. The van der Waals surface area contributed by atoms with E-state index in [2.05, 4.69) is 60.6 Å². The lowest BCUT2D eigenvalue weighted by Gasteiger charge is -2.39. The zero-order valence-corrected chi connectivity index (χ0v) is 16.8. The standard InChI is InChI=1S/C19H40OSi/c1-8-12-13-14-15-16-17-18(19(5,6)7)20-21(9-2,10-3)11-4/h15-16,18H,8-14,17H2,1-7H3/b16-15+. The number of unbranched alkanes of at least 4 members (excludes halogenated alkanes) is 3. The fourth-order valence-electron chi connectivity index (χ4n) is 2.73. The van der Waals surface area contributed by atoms with Crippen molar-refractivity contribution >= 4 is 8.32 Å². The fourth-order valence-corrected chi connectivity index (χ4v) is 5.78. The van der Waals surface area contributed by atoms with Gasteiger partial charge in [-0.2, -0.15) is 0 Å². The number of hydrogen-bond acceptors (Lipinski definition) is 1. The molecule has 0 heterocycles. The highest BCUT2D eigenvalue weighted by Crippen LogP contribution is 2.32. The van der Waals surface area contributed by atoms with Crippen LogP contribution in [0.5, 0.6) is 0 Å². The Morgan fingerprint density at radius 2 is 1.48 bits per heavy atom. The van der Waals surface area contributed by atoms with E-state index in [9.17, 15) is 0 Å². The van der Waals surface area contributed by atoms with E-state index in [1.165, 1.54) is 43.8 Å². The van der Waals surface area contributed by atoms with E-state index < -0.39 is 8.32 Å². The third-order valence-corrected chi connectivity index (χ3v) is 9.43. The lowest BCUT2D eigenvalue weighted by atomic mass is 9.87. The zero-order valence-electron chi connectivity index (χ0n) is 15.8. The molecule has 21 heavy (non-hydrogen) atoms. The Balaban J connectivity index is 4.60. The smallest absolute Gasteiger partial charge is 0.192 e. The Morgan fingerprint density at radius 3 is 1.90 bits per heavy atom. The third-order valence-electron chi connectivity index (χ3n) is 4.78. The summed E-state index contributed by atoms with van der Waals surface area (Å²) >= 11 is 0. The van der Waals surface area contributed by atoms with Gasteiger partial charge in [0.2, 0.25) is 0 Å². The summed E-state index contributed by atoms with van der Waals surface area (Å²) in [7, 11) is -1.51. The van der Waals surface area contributed by atoms with Crippen molar-refractivity contribution < 1.29 is 4.43 Å². The van der Waals surface area contributed by atoms with Crippen LogP contribution in [-0.2, 0) is 4.43 Å². The highest BCUT2D eigenvalue weighted by atomic mass is 28.4. The van der Waals surface area contributed by atoms with Crippen LogP contribution in [0.3, 0.4) is 0 Å². The van der Waals surface area contributed by atoms with Gasteiger partial charge in [-0.05, 0) is 42.8 Å². The minimum absolute atomic E-state index is 0.228. The molecule has 1 atom stereocenters. The summed E-state index contributed by atoms with van der Waals surface area (Å²) in [6.07, 6.45) is 11.4. The van der Waals surface area contributed by atoms with Crippen molar-refractivity contribution in [1.82, 2.24) is 0 Å². The molecule has 0 aliphatic rings. The normalized spacial score (nSPS) is 14.8. The summed E-state index contributed by atoms with van der Waals surface area (Å²) in [5, 5.41) is 0. The van der Waals surface area contributed by atoms with E-state index in [4.69, 9.17) is 4.43 Å². The summed E-state index contributed by atoms with van der Waals surface area (Å²) in [6, 6.07) is 3.73. The molecule has 2 heteroatoms. The first kappa shape index (κ1) is 20.9. The monoisotopic (exact) mass is 312 g/mol. The molecule has 0 aromatic rings. The predicted molar refractivity (Wildman–Crippen MR) is 99.4 cm³/mol. The van der Waals surface area contributed by atoms with E-state index in [1.54, 1.807) is 0 Å². The van der Waals surface area contributed by atoms with Crippen molar-refractivity contribution in [2.75, 3.05) is 0 Å². The summed E-state index contributed by atoms with van der Waals surface area (Å²) in [4.78, 5) is 0. The average Bonchev–Trinajstić information content (AvgIpc) is 2.45. The molecule has 0 fully saturated rings. The fraction of sp³-hybridized carbons (Fsp3) is 0.895. The topological polar surface area (TPSA) is 9.23 Å². The van der Waals surface area contributed by atoms with Crippen molar-refractivity contribution in [3.8, 4) is 0 Å². The van der Waals surface area contributed by atoms with E-state index in [0.717, 1.165) is 6.42 Å². The minimum Gasteiger partial charge on any atom is -0.413 e. The first-order valence-electron chi connectivity index (χ1n) is 9.18. The second kappa shape index (κ2) is 10.6. The molecular weight excluding hydrogens is 272 g/mol. The Morgan fingerprint density at radius 1 is 0.905 bits per heavy atom. The SMILES string of the molecule is CCCCC/C=C/CC(O[Si](CC)(CC)CC)C(C)(C)C. The van der Waals surface area contributed by atoms with Gasteiger partial charge in [0, 0.05) is 0 Å². The van der Waals surface area contributed by atoms with Gasteiger partial charge in [0.15, 0.2) is 8.32 Å². The molecule has 0 saturated carbocycles. The van der Waals surface area contributed by atoms with Crippen LogP contribution < -0.4 is 0 Å². The van der Waals surface area contributed by atoms with Gasteiger partial charge >= 0.3 is 0 Å². The first-order chi connectivity index (χ1) is 9.85. The molecule has 0 N–H and O–H groups in total. The molecule has 0 aliphatic carbocycles. The summed E-state index contributed by atoms with van der Waals surface area (Å²) in [5.74, 6) is 0. The summed E-state index contributed by atoms with van der Waals surface area (Å²) < 4.78 is 6.77. The van der Waals surface area contributed by atoms with Gasteiger partial charge in [-0.1, -0.05) is 73.5 Å². The van der Waals surface area contributed by atoms with Crippen LogP contribution in [0.1, 0.15) is 80.6 Å². The molecule has 0 aromatic carbocycles. The number of rotatable bonds is 11. The summed E-state index contributed by atoms with van der Waals surface area (Å²) in [6.45, 7) is 16.2. The van der Waals surface area contributed by atoms with Gasteiger partial charge in [0.1, 0.15) is 0 Å². The molecule has 0 radical (unpaired) electrons. The highest BCUT2D eigenvalue weighted by molar-refractivity contribution is 6.73. The predicted octanol–water partition coefficient (Wildman–Crippen LogP) is 6.95. The van der Waals surface area contributed by atoms with E-state index in [1.807, 2.05) is 0 Å². The van der Waals surface area contributed by atoms with Crippen molar-refractivity contribution in [1.29, 1.82) is 0 Å². The van der Waals surface area contributed by atoms with Gasteiger partial charge in [-0.3, -0.25) is 0 Å². The molecule has 0 aliphatic heterocycles. The Kier molecular flexibility index (Phi) is 10.6. The Hall–Kier alpha value is -0.0831. The molecule has 1 nitrogen and oxygen atoms in total. The molecule has 126 valence electrons. The van der Waals surface area contributed by atoms with Crippen LogP contribution in [-0.4, -0.2) is 14.4 Å². The minimum atomic E-state index is -1.51. The van der Waals surface area contributed by atoms with Gasteiger partial charge in [0.05, 0.1) is 6.10 Å². The van der Waals surface area contributed by atoms with Gasteiger partial charge in [-0.15, -0.1) is 0 Å². The van der Waals surface area contributed by atoms with Gasteiger partial charge < -0.3 is 4.43 Å². The number of allylic oxidation sites excluding steroid dienone is 1. The van der Waals surface area contributed by atoms with Crippen LogP contribution in [0.4, 0.5) is 0 Å². The maximum Gasteiger partial charge on any atom is 0.192 e. The molecule has 0 bridgehead atoms. The van der Waals surface area contributed by atoms with Crippen molar-refractivity contribution in [2.24, 2.45) is 5.41 Å². The molecule has 0 aromatic heterocycles. The van der Waals surface area contributed by atoms with Gasteiger partial charge in [0.25, 0.3) is 0 Å². The lowest BCUT2D eigenvalue weighted by molar-refractivity contribution is 0.0782. The van der Waals surface area contributed by atoms with Crippen LogP contribution >= 0.6 is 0 Å². The van der Waals surface area contributed by atoms with Gasteiger partial charge in [-0.25, -0.2) is 0 Å². The van der Waals surface area contributed by atoms with Crippen molar-refractivity contribution in [3.63, 3.8) is 0 Å². The van der Waals surface area contributed by atoms with Crippen LogP contribution in [0, 0.1) is 5.41 Å². The van der Waals surface area contributed by atoms with E-state index >= 15 is 0 Å². The van der Waals surface area contributed by atoms with Crippen LogP contribution in [0.25, 0.3) is 0 Å². The third kappa shape index (κ3) is 8.20. The molecule has 1 unspecified atom stereocenters. The molecule has 0 saturated heterocycles. The van der Waals surface area contributed by atoms with E-state index in [-0.39, 0.29) is 5.41 Å². The Labute approximate surface area is 135 Å². The second-order valence-corrected chi connectivity index (χ2v) is 12.1. The second-order valence-electron chi connectivity index (χ2n) is 7.42. The van der Waals surface area contributed by atoms with Crippen molar-refractivity contribution in [3.05, 3.63) is 12.2 Å². The highest BCUT2D eigenvalue weighted by Gasteiger charge is 2.35. The molecule has 0 rings (SSSR count). The molecule has 0 spiro atoms. The zero-order chi connectivity index (χ0) is 16.4. The lowest BCUT2D eigenvalue weighted by Crippen LogP contribution is -2.44.